The molecule has 23 heavy (non-hydrogen) atoms. The summed E-state index contributed by atoms with van der Waals surface area (Å²) in [6.45, 7) is 0. The van der Waals surface area contributed by atoms with E-state index in [4.69, 9.17) is 4.74 Å². The van der Waals surface area contributed by atoms with Crippen LogP contribution in [0.5, 0.6) is 5.75 Å². The second-order valence-electron chi connectivity index (χ2n) is 4.92. The van der Waals surface area contributed by atoms with Crippen molar-refractivity contribution in [3.8, 4) is 22.9 Å². The number of nitrogens with one attached hydrogen (secondary N) is 1. The minimum absolute atomic E-state index is 0.484. The molecule has 0 aliphatic carbocycles. The van der Waals surface area contributed by atoms with E-state index < -0.39 is 0 Å². The molecule has 0 fully saturated rings. The van der Waals surface area contributed by atoms with Crippen molar-refractivity contribution in [3.63, 3.8) is 0 Å². The summed E-state index contributed by atoms with van der Waals surface area (Å²) in [4.78, 5) is 4.41. The van der Waals surface area contributed by atoms with Gasteiger partial charge < -0.3 is 10.1 Å². The van der Waals surface area contributed by atoms with E-state index in [0.717, 1.165) is 16.8 Å². The first-order chi connectivity index (χ1) is 11.3. The van der Waals surface area contributed by atoms with Crippen LogP contribution in [0, 0.1) is 11.3 Å². The van der Waals surface area contributed by atoms with Gasteiger partial charge in [-0.05, 0) is 23.8 Å². The maximum Gasteiger partial charge on any atom is 0.148 e. The van der Waals surface area contributed by atoms with E-state index in [2.05, 4.69) is 16.4 Å². The van der Waals surface area contributed by atoms with Crippen molar-refractivity contribution in [1.29, 1.82) is 5.26 Å². The first kappa shape index (κ1) is 14.6. The van der Waals surface area contributed by atoms with Gasteiger partial charge >= 0.3 is 0 Å². The van der Waals surface area contributed by atoms with Crippen LogP contribution in [0.2, 0.25) is 0 Å². The molecule has 0 radical (unpaired) electrons. The lowest BCUT2D eigenvalue weighted by Gasteiger charge is -2.12. The van der Waals surface area contributed by atoms with Crippen LogP contribution in [-0.4, -0.2) is 12.1 Å². The number of nitrogens with zero attached hydrogens (tertiary/aromatic N) is 2. The Balaban J connectivity index is 1.96. The molecule has 4 nitrogen and oxygen atoms in total. The standard InChI is InChI=1S/C19H15N3O/c1-23-18-10-6-5-9-17(18)22-19-15(12-20)11-16(13-21-19)14-7-3-2-4-8-14/h2-11,13H,1H3,(H,21,22). The summed E-state index contributed by atoms with van der Waals surface area (Å²) < 4.78 is 5.31. The summed E-state index contributed by atoms with van der Waals surface area (Å²) in [7, 11) is 1.61. The smallest absolute Gasteiger partial charge is 0.148 e. The Morgan fingerprint density at radius 3 is 2.48 bits per heavy atom. The van der Waals surface area contributed by atoms with Crippen molar-refractivity contribution >= 4 is 11.5 Å². The maximum absolute atomic E-state index is 9.43. The topological polar surface area (TPSA) is 57.9 Å². The van der Waals surface area contributed by atoms with Gasteiger partial charge in [-0.1, -0.05) is 42.5 Å². The van der Waals surface area contributed by atoms with E-state index in [-0.39, 0.29) is 0 Å². The third-order valence-electron chi connectivity index (χ3n) is 3.48. The first-order valence-corrected chi connectivity index (χ1v) is 7.17. The van der Waals surface area contributed by atoms with E-state index in [0.29, 0.717) is 17.1 Å². The lowest BCUT2D eigenvalue weighted by molar-refractivity contribution is 0.417. The number of anilines is 2. The molecule has 0 saturated carbocycles. The summed E-state index contributed by atoms with van der Waals surface area (Å²) in [5.41, 5.74) is 3.19. The minimum atomic E-state index is 0.484. The van der Waals surface area contributed by atoms with Crippen LogP contribution in [0.15, 0.2) is 66.9 Å². The normalized spacial score (nSPS) is 9.91. The number of pyridine rings is 1. The number of hydrogen-bond acceptors (Lipinski definition) is 4. The zero-order valence-electron chi connectivity index (χ0n) is 12.7. The fourth-order valence-electron chi connectivity index (χ4n) is 2.31. The highest BCUT2D eigenvalue weighted by atomic mass is 16.5. The van der Waals surface area contributed by atoms with Crippen molar-refractivity contribution in [1.82, 2.24) is 4.98 Å². The lowest BCUT2D eigenvalue weighted by Crippen LogP contribution is -1.99. The Morgan fingerprint density at radius 2 is 1.74 bits per heavy atom. The number of hydrogen-bond donors (Lipinski definition) is 1. The van der Waals surface area contributed by atoms with Crippen LogP contribution in [0.25, 0.3) is 11.1 Å². The van der Waals surface area contributed by atoms with Gasteiger partial charge in [0.15, 0.2) is 0 Å². The fraction of sp³-hybridized carbons (Fsp3) is 0.0526. The monoisotopic (exact) mass is 301 g/mol. The lowest BCUT2D eigenvalue weighted by atomic mass is 10.1. The van der Waals surface area contributed by atoms with Crippen LogP contribution in [0.4, 0.5) is 11.5 Å². The predicted molar refractivity (Wildman–Crippen MR) is 90.7 cm³/mol. The SMILES string of the molecule is COc1ccccc1Nc1ncc(-c2ccccc2)cc1C#N. The fourth-order valence-corrected chi connectivity index (χ4v) is 2.31. The zero-order valence-corrected chi connectivity index (χ0v) is 12.7. The summed E-state index contributed by atoms with van der Waals surface area (Å²) in [5, 5.41) is 12.6. The van der Waals surface area contributed by atoms with Gasteiger partial charge in [0, 0.05) is 11.8 Å². The van der Waals surface area contributed by atoms with E-state index in [1.54, 1.807) is 13.3 Å². The van der Waals surface area contributed by atoms with Crippen LogP contribution in [0.3, 0.4) is 0 Å². The Morgan fingerprint density at radius 1 is 1.00 bits per heavy atom. The zero-order chi connectivity index (χ0) is 16.1. The van der Waals surface area contributed by atoms with Gasteiger partial charge in [0.1, 0.15) is 17.6 Å². The minimum Gasteiger partial charge on any atom is -0.495 e. The van der Waals surface area contributed by atoms with Gasteiger partial charge in [-0.15, -0.1) is 0 Å². The highest BCUT2D eigenvalue weighted by molar-refractivity contribution is 5.72. The van der Waals surface area contributed by atoms with Gasteiger partial charge in [0.2, 0.25) is 0 Å². The average Bonchev–Trinajstić information content (AvgIpc) is 2.63. The summed E-state index contributed by atoms with van der Waals surface area (Å²) in [6, 6.07) is 21.4. The Labute approximate surface area is 135 Å². The van der Waals surface area contributed by atoms with Gasteiger partial charge in [0.25, 0.3) is 0 Å². The largest absolute Gasteiger partial charge is 0.495 e. The third kappa shape index (κ3) is 3.14. The van der Waals surface area contributed by atoms with Crippen LogP contribution < -0.4 is 10.1 Å². The third-order valence-corrected chi connectivity index (χ3v) is 3.48. The number of rotatable bonds is 4. The summed E-state index contributed by atoms with van der Waals surface area (Å²) in [6.07, 6.45) is 1.76. The predicted octanol–water partition coefficient (Wildman–Crippen LogP) is 4.37. The van der Waals surface area contributed by atoms with E-state index in [1.165, 1.54) is 0 Å². The highest BCUT2D eigenvalue weighted by Crippen LogP contribution is 2.29. The molecule has 2 aromatic carbocycles. The van der Waals surface area contributed by atoms with Crippen LogP contribution >= 0.6 is 0 Å². The molecule has 0 saturated heterocycles. The molecular formula is C19H15N3O. The van der Waals surface area contributed by atoms with Crippen LogP contribution in [-0.2, 0) is 0 Å². The Bertz CT molecular complexity index is 854. The molecule has 1 N–H and O–H groups in total. The average molecular weight is 301 g/mol. The van der Waals surface area contributed by atoms with Crippen molar-refractivity contribution in [2.75, 3.05) is 12.4 Å². The molecule has 0 unspecified atom stereocenters. The molecule has 0 bridgehead atoms. The van der Waals surface area contributed by atoms with Gasteiger partial charge in [0.05, 0.1) is 18.4 Å². The van der Waals surface area contributed by atoms with Gasteiger partial charge in [-0.3, -0.25) is 0 Å². The van der Waals surface area contributed by atoms with Crippen molar-refractivity contribution in [3.05, 3.63) is 72.4 Å². The molecule has 0 aliphatic heterocycles. The Hall–Kier alpha value is -3.32. The number of methoxy groups -OCH3 is 1. The molecule has 3 aromatic rings. The maximum atomic E-state index is 9.43. The highest BCUT2D eigenvalue weighted by Gasteiger charge is 2.09. The van der Waals surface area contributed by atoms with Gasteiger partial charge in [-0.2, -0.15) is 5.26 Å². The molecular weight excluding hydrogens is 286 g/mol. The second-order valence-corrected chi connectivity index (χ2v) is 4.92. The van der Waals surface area contributed by atoms with E-state index in [1.807, 2.05) is 60.7 Å². The Kier molecular flexibility index (Phi) is 4.21. The van der Waals surface area contributed by atoms with Crippen molar-refractivity contribution in [2.24, 2.45) is 0 Å². The molecule has 3 rings (SSSR count). The van der Waals surface area contributed by atoms with Crippen LogP contribution in [0.1, 0.15) is 5.56 Å². The molecule has 1 heterocycles. The van der Waals surface area contributed by atoms with Crippen molar-refractivity contribution in [2.45, 2.75) is 0 Å². The number of benzene rings is 2. The first-order valence-electron chi connectivity index (χ1n) is 7.17. The van der Waals surface area contributed by atoms with Gasteiger partial charge in [-0.25, -0.2) is 4.98 Å². The molecule has 112 valence electrons. The molecule has 0 aliphatic rings. The number of para-hydroxylation sites is 2. The van der Waals surface area contributed by atoms with E-state index >= 15 is 0 Å². The molecule has 0 spiro atoms. The number of ether oxygens (including phenoxy) is 1. The molecule has 4 heteroatoms. The van der Waals surface area contributed by atoms with E-state index in [9.17, 15) is 5.26 Å². The van der Waals surface area contributed by atoms with Crippen molar-refractivity contribution < 1.29 is 4.74 Å². The summed E-state index contributed by atoms with van der Waals surface area (Å²) >= 11 is 0. The quantitative estimate of drug-likeness (QED) is 0.777. The summed E-state index contributed by atoms with van der Waals surface area (Å²) in [5.74, 6) is 1.21. The number of aromatic nitrogens is 1. The second kappa shape index (κ2) is 6.63. The number of nitriles is 1. The molecule has 0 atom stereocenters. The molecule has 0 amide bonds. The molecule has 1 aromatic heterocycles.